The molecule has 3 rings (SSSR count). The number of benzene rings is 1. The molecular weight excluding hydrogens is 364 g/mol. The molecule has 1 amide bonds. The molecule has 140 valence electrons. The number of carbonyl (C=O) groups is 2. The average molecular weight is 384 g/mol. The van der Waals surface area contributed by atoms with E-state index in [-0.39, 0.29) is 10.8 Å². The molecule has 0 saturated heterocycles. The number of carboxylic acid groups (broad SMARTS) is 1. The summed E-state index contributed by atoms with van der Waals surface area (Å²) in [6.45, 7) is 7.26. The number of nitrogens with one attached hydrogen (secondary N) is 1. The van der Waals surface area contributed by atoms with Crippen molar-refractivity contribution in [1.29, 1.82) is 0 Å². The zero-order valence-corrected chi connectivity index (χ0v) is 16.3. The first-order valence-corrected chi connectivity index (χ1v) is 9.23. The monoisotopic (exact) mass is 384 g/mol. The fraction of sp³-hybridized carbons (Fsp3) is 0.263. The molecule has 0 spiro atoms. The Bertz CT molecular complexity index is 1020. The number of hydrogen-bond donors (Lipinski definition) is 2. The summed E-state index contributed by atoms with van der Waals surface area (Å²) in [4.78, 5) is 28.3. The molecule has 1 aromatic carbocycles. The van der Waals surface area contributed by atoms with Crippen LogP contribution in [-0.4, -0.2) is 31.7 Å². The second-order valence-corrected chi connectivity index (χ2v) is 7.34. The van der Waals surface area contributed by atoms with Crippen molar-refractivity contribution in [2.24, 2.45) is 0 Å². The van der Waals surface area contributed by atoms with E-state index in [1.54, 1.807) is 24.7 Å². The second-order valence-electron chi connectivity index (χ2n) is 6.31. The predicted molar refractivity (Wildman–Crippen MR) is 103 cm³/mol. The van der Waals surface area contributed by atoms with Crippen LogP contribution in [0.15, 0.2) is 30.5 Å². The lowest BCUT2D eigenvalue weighted by Crippen LogP contribution is -2.27. The van der Waals surface area contributed by atoms with E-state index in [1.807, 2.05) is 38.1 Å². The number of para-hydroxylation sites is 1. The average Bonchev–Trinajstić information content (AvgIpc) is 3.18. The highest BCUT2D eigenvalue weighted by Gasteiger charge is 2.22. The van der Waals surface area contributed by atoms with Gasteiger partial charge in [0, 0.05) is 0 Å². The van der Waals surface area contributed by atoms with Crippen LogP contribution in [0, 0.1) is 20.8 Å². The predicted octanol–water partition coefficient (Wildman–Crippen LogP) is 3.44. The summed E-state index contributed by atoms with van der Waals surface area (Å²) in [5.74, 6) is -1.28. The number of carboxylic acids is 1. The van der Waals surface area contributed by atoms with Gasteiger partial charge in [0.1, 0.15) is 9.88 Å². The smallest absolute Gasteiger partial charge is 0.347 e. The van der Waals surface area contributed by atoms with Crippen LogP contribution in [0.2, 0.25) is 0 Å². The number of nitrogens with zero attached hydrogens (tertiary/aromatic N) is 3. The normalized spacial score (nSPS) is 12.0. The molecule has 0 aliphatic carbocycles. The quantitative estimate of drug-likeness (QED) is 0.702. The third-order valence-corrected chi connectivity index (χ3v) is 5.65. The van der Waals surface area contributed by atoms with Gasteiger partial charge in [-0.15, -0.1) is 11.3 Å². The zero-order valence-electron chi connectivity index (χ0n) is 15.5. The van der Waals surface area contributed by atoms with Gasteiger partial charge < -0.3 is 10.4 Å². The number of thiazole rings is 1. The fourth-order valence-electron chi connectivity index (χ4n) is 2.81. The molecule has 1 atom stereocenters. The van der Waals surface area contributed by atoms with E-state index in [9.17, 15) is 9.59 Å². The summed E-state index contributed by atoms with van der Waals surface area (Å²) in [6, 6.07) is 7.41. The Hall–Kier alpha value is -3.00. The van der Waals surface area contributed by atoms with Crippen LogP contribution >= 0.6 is 11.3 Å². The third-order valence-electron chi connectivity index (χ3n) is 4.32. The van der Waals surface area contributed by atoms with Gasteiger partial charge in [0.25, 0.3) is 5.91 Å². The maximum Gasteiger partial charge on any atom is 0.347 e. The molecule has 8 heteroatoms. The molecule has 0 aliphatic rings. The summed E-state index contributed by atoms with van der Waals surface area (Å²) >= 11 is 1.07. The summed E-state index contributed by atoms with van der Waals surface area (Å²) in [7, 11) is 0. The largest absolute Gasteiger partial charge is 0.477 e. The Kier molecular flexibility index (Phi) is 5.09. The number of aromatic carboxylic acids is 1. The third kappa shape index (κ3) is 3.61. The summed E-state index contributed by atoms with van der Waals surface area (Å²) in [5, 5.41) is 16.9. The Morgan fingerprint density at radius 2 is 1.93 bits per heavy atom. The van der Waals surface area contributed by atoms with E-state index in [4.69, 9.17) is 5.11 Å². The fourth-order valence-corrected chi connectivity index (χ4v) is 3.72. The number of aryl methyl sites for hydroxylation is 2. The van der Waals surface area contributed by atoms with E-state index in [2.05, 4.69) is 15.4 Å². The minimum absolute atomic E-state index is 0.189. The summed E-state index contributed by atoms with van der Waals surface area (Å²) in [6.07, 6.45) is 1.54. The van der Waals surface area contributed by atoms with Crippen molar-refractivity contribution in [3.8, 4) is 5.69 Å². The summed E-state index contributed by atoms with van der Waals surface area (Å²) < 4.78 is 1.74. The van der Waals surface area contributed by atoms with E-state index in [1.165, 1.54) is 0 Å². The highest BCUT2D eigenvalue weighted by atomic mass is 32.1. The molecule has 2 N–H and O–H groups in total. The van der Waals surface area contributed by atoms with Crippen LogP contribution in [-0.2, 0) is 0 Å². The molecular formula is C19H20N4O3S. The lowest BCUT2D eigenvalue weighted by molar-refractivity contribution is 0.0701. The first-order chi connectivity index (χ1) is 12.8. The topological polar surface area (TPSA) is 97.1 Å². The number of aromatic nitrogens is 3. The molecule has 27 heavy (non-hydrogen) atoms. The Balaban J connectivity index is 1.82. The lowest BCUT2D eigenvalue weighted by Gasteiger charge is -2.12. The first kappa shape index (κ1) is 18.8. The molecule has 3 aromatic rings. The van der Waals surface area contributed by atoms with Crippen LogP contribution in [0.3, 0.4) is 0 Å². The molecule has 0 fully saturated rings. The van der Waals surface area contributed by atoms with Crippen molar-refractivity contribution >= 4 is 23.2 Å². The van der Waals surface area contributed by atoms with Crippen molar-refractivity contribution in [1.82, 2.24) is 20.1 Å². The molecule has 2 heterocycles. The molecule has 2 aromatic heterocycles. The van der Waals surface area contributed by atoms with Gasteiger partial charge in [0.15, 0.2) is 0 Å². The summed E-state index contributed by atoms with van der Waals surface area (Å²) in [5.41, 5.74) is 3.63. The number of rotatable bonds is 5. The Morgan fingerprint density at radius 3 is 2.56 bits per heavy atom. The zero-order chi connectivity index (χ0) is 19.7. The number of hydrogen-bond acceptors (Lipinski definition) is 5. The van der Waals surface area contributed by atoms with E-state index >= 15 is 0 Å². The minimum atomic E-state index is -1.01. The van der Waals surface area contributed by atoms with Gasteiger partial charge in [-0.25, -0.2) is 14.5 Å². The van der Waals surface area contributed by atoms with Crippen LogP contribution in [0.25, 0.3) is 5.69 Å². The highest BCUT2D eigenvalue weighted by molar-refractivity contribution is 7.13. The van der Waals surface area contributed by atoms with Crippen molar-refractivity contribution in [2.75, 3.05) is 0 Å². The maximum absolute atomic E-state index is 12.7. The molecule has 7 nitrogen and oxygen atoms in total. The van der Waals surface area contributed by atoms with Crippen LogP contribution < -0.4 is 5.32 Å². The molecule has 0 bridgehead atoms. The molecule has 0 saturated carbocycles. The molecule has 1 unspecified atom stereocenters. The van der Waals surface area contributed by atoms with Gasteiger partial charge in [-0.1, -0.05) is 18.2 Å². The van der Waals surface area contributed by atoms with Crippen molar-refractivity contribution in [3.63, 3.8) is 0 Å². The first-order valence-electron chi connectivity index (χ1n) is 8.41. The Labute approximate surface area is 160 Å². The van der Waals surface area contributed by atoms with Gasteiger partial charge >= 0.3 is 5.97 Å². The van der Waals surface area contributed by atoms with Crippen molar-refractivity contribution in [2.45, 2.75) is 33.7 Å². The Morgan fingerprint density at radius 1 is 1.22 bits per heavy atom. The van der Waals surface area contributed by atoms with Crippen molar-refractivity contribution in [3.05, 3.63) is 62.9 Å². The van der Waals surface area contributed by atoms with E-state index in [0.717, 1.165) is 28.3 Å². The second kappa shape index (κ2) is 7.32. The standard InChI is InChI=1S/C19H20N4O3S/c1-10-7-5-6-8-15(10)23-13(4)14(9-20-23)17(24)21-12(3)18-22-11(2)16(27-18)19(25)26/h5-9,12H,1-4H3,(H,21,24)(H,25,26). The van der Waals surface area contributed by atoms with Gasteiger partial charge in [0.2, 0.25) is 0 Å². The number of carbonyl (C=O) groups excluding carboxylic acids is 1. The highest BCUT2D eigenvalue weighted by Crippen LogP contribution is 2.24. The molecule has 0 aliphatic heterocycles. The van der Waals surface area contributed by atoms with Gasteiger partial charge in [0.05, 0.1) is 34.9 Å². The van der Waals surface area contributed by atoms with Gasteiger partial charge in [-0.2, -0.15) is 5.10 Å². The van der Waals surface area contributed by atoms with E-state index < -0.39 is 12.0 Å². The maximum atomic E-state index is 12.7. The van der Waals surface area contributed by atoms with E-state index in [0.29, 0.717) is 16.3 Å². The number of amides is 1. The van der Waals surface area contributed by atoms with Crippen LogP contribution in [0.5, 0.6) is 0 Å². The SMILES string of the molecule is Cc1ccccc1-n1ncc(C(=O)NC(C)c2nc(C)c(C(=O)O)s2)c1C. The minimum Gasteiger partial charge on any atom is -0.477 e. The van der Waals surface area contributed by atoms with Gasteiger partial charge in [-0.05, 0) is 39.3 Å². The van der Waals surface area contributed by atoms with Gasteiger partial charge in [-0.3, -0.25) is 4.79 Å². The van der Waals surface area contributed by atoms with Crippen molar-refractivity contribution < 1.29 is 14.7 Å². The van der Waals surface area contributed by atoms with Crippen LogP contribution in [0.1, 0.15) is 55.0 Å². The lowest BCUT2D eigenvalue weighted by atomic mass is 10.2. The molecule has 0 radical (unpaired) electrons. The van der Waals surface area contributed by atoms with Crippen LogP contribution in [0.4, 0.5) is 0 Å².